The first kappa shape index (κ1) is 66.1. The van der Waals surface area contributed by atoms with Gasteiger partial charge in [-0.2, -0.15) is 0 Å². The standard InChI is InChI=1S/3C18H34O2.Bi/c3*1-2-3-4-5-6-7-8-9-10-11-12-13-14-15-16-17-18(19)20;/h3*9-10H,2-8,11-17H2,1H3,(H,19,20);/q;;;+3/p-3/b3*10-9+;. The Morgan fingerprint density at radius 2 is 0.410 bits per heavy atom. The van der Waals surface area contributed by atoms with Gasteiger partial charge in [0.15, 0.2) is 0 Å². The number of carboxylic acid groups (broad SMARTS) is 3. The normalized spacial score (nSPS) is 11.1. The molecule has 0 fully saturated rings. The summed E-state index contributed by atoms with van der Waals surface area (Å²) in [5.41, 5.74) is 0. The summed E-state index contributed by atoms with van der Waals surface area (Å²) in [5.74, 6) is -2.74. The Hall–Kier alpha value is -1.49. The first-order valence-electron chi connectivity index (χ1n) is 25.9. The molecule has 0 spiro atoms. The van der Waals surface area contributed by atoms with E-state index in [2.05, 4.69) is 57.2 Å². The van der Waals surface area contributed by atoms with E-state index in [1.807, 2.05) is 0 Å². The van der Waals surface area contributed by atoms with E-state index in [1.165, 1.54) is 193 Å². The maximum atomic E-state index is 10.2. The van der Waals surface area contributed by atoms with Crippen molar-refractivity contribution in [3.63, 3.8) is 0 Å². The zero-order valence-electron chi connectivity index (χ0n) is 40.6. The fourth-order valence-corrected chi connectivity index (χ4v) is 7.02. The van der Waals surface area contributed by atoms with Crippen molar-refractivity contribution < 1.29 is 29.7 Å². The Morgan fingerprint density at radius 1 is 0.262 bits per heavy atom. The van der Waals surface area contributed by atoms with Gasteiger partial charge in [-0.3, -0.25) is 0 Å². The Morgan fingerprint density at radius 3 is 0.574 bits per heavy atom. The fourth-order valence-electron chi connectivity index (χ4n) is 7.02. The van der Waals surface area contributed by atoms with E-state index in [4.69, 9.17) is 0 Å². The maximum absolute atomic E-state index is 10.2. The van der Waals surface area contributed by atoms with E-state index in [1.54, 1.807) is 0 Å². The molecule has 0 amide bonds. The zero-order chi connectivity index (χ0) is 44.7. The Balaban J connectivity index is -0.000000396. The van der Waals surface area contributed by atoms with Crippen LogP contribution in [0.4, 0.5) is 0 Å². The third kappa shape index (κ3) is 76.2. The average molecular weight is 1050 g/mol. The van der Waals surface area contributed by atoms with Crippen molar-refractivity contribution in [1.29, 1.82) is 0 Å². The van der Waals surface area contributed by atoms with Gasteiger partial charge in [-0.25, -0.2) is 0 Å². The SMILES string of the molecule is CCCCCCCC/C=C/CCCCCCCC(=O)[O-].CCCCCCCC/C=C/CCCCCCCC(=O)[O-].CCCCCCCC/C=C/CCCCCCCC(=O)[O-].[Bi+3]. The summed E-state index contributed by atoms with van der Waals surface area (Å²) in [5, 5.41) is 30.6. The van der Waals surface area contributed by atoms with Crippen LogP contribution in [0.1, 0.15) is 290 Å². The molecule has 0 aromatic rings. The van der Waals surface area contributed by atoms with E-state index in [0.29, 0.717) is 0 Å². The first-order chi connectivity index (χ1) is 29.3. The van der Waals surface area contributed by atoms with Crippen molar-refractivity contribution in [3.8, 4) is 0 Å². The van der Waals surface area contributed by atoms with Crippen LogP contribution in [0.2, 0.25) is 0 Å². The van der Waals surface area contributed by atoms with Gasteiger partial charge in [0.2, 0.25) is 0 Å². The minimum absolute atomic E-state index is 0. The van der Waals surface area contributed by atoms with Gasteiger partial charge < -0.3 is 29.7 Å². The first-order valence-corrected chi connectivity index (χ1v) is 25.9. The van der Waals surface area contributed by atoms with Gasteiger partial charge in [-0.15, -0.1) is 0 Å². The molecule has 0 saturated carbocycles. The second-order valence-corrected chi connectivity index (χ2v) is 17.1. The second kappa shape index (κ2) is 62.8. The van der Waals surface area contributed by atoms with Gasteiger partial charge >= 0.3 is 26.2 Å². The fraction of sp³-hybridized carbons (Fsp3) is 0.833. The van der Waals surface area contributed by atoms with Gasteiger partial charge in [0.25, 0.3) is 0 Å². The summed E-state index contributed by atoms with van der Waals surface area (Å²) in [7, 11) is 0. The molecule has 0 heterocycles. The Bertz CT molecular complexity index is 827. The molecule has 356 valence electrons. The Kier molecular flexibility index (Phi) is 68.1. The molecule has 0 saturated heterocycles. The monoisotopic (exact) mass is 1050 g/mol. The third-order valence-electron chi connectivity index (χ3n) is 10.9. The van der Waals surface area contributed by atoms with Gasteiger partial charge in [0, 0.05) is 17.9 Å². The molecule has 0 aliphatic heterocycles. The zero-order valence-corrected chi connectivity index (χ0v) is 44.0. The molecule has 0 aromatic heterocycles. The van der Waals surface area contributed by atoms with E-state index in [-0.39, 0.29) is 45.5 Å². The van der Waals surface area contributed by atoms with Gasteiger partial charge in [-0.05, 0) is 116 Å². The molecule has 7 heteroatoms. The summed E-state index contributed by atoms with van der Waals surface area (Å²) in [4.78, 5) is 30.6. The van der Waals surface area contributed by atoms with Crippen LogP contribution in [-0.4, -0.2) is 44.1 Å². The number of aliphatic carboxylic acids is 3. The van der Waals surface area contributed by atoms with E-state index in [0.717, 1.165) is 57.8 Å². The van der Waals surface area contributed by atoms with Crippen molar-refractivity contribution in [2.24, 2.45) is 0 Å². The molecule has 0 aromatic carbocycles. The van der Waals surface area contributed by atoms with Crippen molar-refractivity contribution in [2.45, 2.75) is 290 Å². The molecule has 6 nitrogen and oxygen atoms in total. The molecule has 0 rings (SSSR count). The topological polar surface area (TPSA) is 120 Å². The maximum Gasteiger partial charge on any atom is 3.00 e. The predicted molar refractivity (Wildman–Crippen MR) is 259 cm³/mol. The average Bonchev–Trinajstić information content (AvgIpc) is 3.22. The molecule has 0 aliphatic carbocycles. The van der Waals surface area contributed by atoms with Crippen LogP contribution in [-0.2, 0) is 14.4 Å². The number of carbonyl (C=O) groups excluding carboxylic acids is 3. The summed E-state index contributed by atoms with van der Waals surface area (Å²) in [6.07, 6.45) is 62.7. The van der Waals surface area contributed by atoms with Crippen LogP contribution in [0, 0.1) is 0 Å². The van der Waals surface area contributed by atoms with Crippen LogP contribution in [0.5, 0.6) is 0 Å². The number of carboxylic acids is 3. The van der Waals surface area contributed by atoms with E-state index >= 15 is 0 Å². The van der Waals surface area contributed by atoms with Gasteiger partial charge in [-0.1, -0.05) is 211 Å². The van der Waals surface area contributed by atoms with Crippen molar-refractivity contribution in [3.05, 3.63) is 36.5 Å². The number of unbranched alkanes of at least 4 members (excludes halogenated alkanes) is 33. The molecule has 2 radical (unpaired) electrons. The summed E-state index contributed by atoms with van der Waals surface area (Å²) in [6, 6.07) is 0. The van der Waals surface area contributed by atoms with Crippen molar-refractivity contribution in [2.75, 3.05) is 0 Å². The quantitative estimate of drug-likeness (QED) is 0.0340. The predicted octanol–water partition coefficient (Wildman–Crippen LogP) is 13.9. The molecule has 0 atom stereocenters. The van der Waals surface area contributed by atoms with Gasteiger partial charge in [0.1, 0.15) is 0 Å². The van der Waals surface area contributed by atoms with E-state index < -0.39 is 17.9 Å². The number of allylic oxidation sites excluding steroid dienone is 6. The van der Waals surface area contributed by atoms with Crippen molar-refractivity contribution >= 4 is 44.1 Å². The largest absolute Gasteiger partial charge is 3.00 e. The minimum atomic E-state index is -0.914. The van der Waals surface area contributed by atoms with Crippen LogP contribution in [0.25, 0.3) is 0 Å². The van der Waals surface area contributed by atoms with Crippen LogP contribution < -0.4 is 15.3 Å². The molecule has 0 unspecified atom stereocenters. The number of rotatable bonds is 45. The molecular weight excluding hydrogens is 954 g/mol. The van der Waals surface area contributed by atoms with Crippen LogP contribution in [0.3, 0.4) is 0 Å². The van der Waals surface area contributed by atoms with Crippen LogP contribution >= 0.6 is 0 Å². The summed E-state index contributed by atoms with van der Waals surface area (Å²) >= 11 is 0. The number of hydrogen-bond acceptors (Lipinski definition) is 6. The van der Waals surface area contributed by atoms with Crippen molar-refractivity contribution in [1.82, 2.24) is 0 Å². The van der Waals surface area contributed by atoms with Crippen LogP contribution in [0.15, 0.2) is 36.5 Å². The molecule has 0 bridgehead atoms. The second-order valence-electron chi connectivity index (χ2n) is 17.1. The number of hydrogen-bond donors (Lipinski definition) is 0. The Labute approximate surface area is 398 Å². The number of carbonyl (C=O) groups is 3. The molecule has 61 heavy (non-hydrogen) atoms. The molecule has 0 aliphatic rings. The summed E-state index contributed by atoms with van der Waals surface area (Å²) in [6.45, 7) is 6.77. The van der Waals surface area contributed by atoms with Gasteiger partial charge in [0.05, 0.1) is 0 Å². The molecule has 0 N–H and O–H groups in total. The summed E-state index contributed by atoms with van der Waals surface area (Å²) < 4.78 is 0. The molecular formula is C54H99BiO6. The minimum Gasteiger partial charge on any atom is -0.550 e. The van der Waals surface area contributed by atoms with E-state index in [9.17, 15) is 29.7 Å². The smallest absolute Gasteiger partial charge is 0.550 e. The third-order valence-corrected chi connectivity index (χ3v) is 10.9.